The molecule has 6 aliphatic heterocycles. The summed E-state index contributed by atoms with van der Waals surface area (Å²) < 4.78 is 12.8. The molecule has 0 bridgehead atoms. The van der Waals surface area contributed by atoms with E-state index in [4.69, 9.17) is 26.1 Å². The van der Waals surface area contributed by atoms with Gasteiger partial charge in [0, 0.05) is 72.9 Å². The molecule has 0 aromatic heterocycles. The number of nitrogens with one attached hydrogen (secondary N) is 6. The molecule has 10 rings (SSSR count). The summed E-state index contributed by atoms with van der Waals surface area (Å²) >= 11 is 8.75. The minimum atomic E-state index is -0.201. The standard InChI is InChI=1S/C50H83ClN10O3S/c1-28-29(2)65-44-40(28)41(56-38(23-39-53-19-21-63-39)42-59-58-30(3)61(42)44)33-10-8-31(9-11-33)32-14-16-50(17-15-32)18-20-60(27-50)47-54-25-35(26-55-47)43(62)57-45-48(4,5)46(49(45,6)7)64-36-13-12-34(24-52)37(51)22-36/h28-40,42,44-47,53-55,58-59H,8-23,25-27H2,1-7H3,(H,57,62)/t28?,29?,30?,31?,32?,33?,34?,35?,36?,37?,38-,39?,40?,42?,44?,45?,46?,47?,50?/m0/s1. The van der Waals surface area contributed by atoms with E-state index in [1.807, 2.05) is 0 Å². The molecule has 4 saturated carbocycles. The zero-order valence-corrected chi connectivity index (χ0v) is 42.2. The van der Waals surface area contributed by atoms with Gasteiger partial charge in [0.1, 0.15) is 12.5 Å². The van der Waals surface area contributed by atoms with Crippen molar-refractivity contribution in [1.82, 2.24) is 41.9 Å². The van der Waals surface area contributed by atoms with Crippen molar-refractivity contribution in [1.29, 1.82) is 5.26 Å². The smallest absolute Gasteiger partial charge is 0.225 e. The van der Waals surface area contributed by atoms with Crippen LogP contribution in [0, 0.1) is 69.0 Å². The molecular formula is C50H83ClN10O3S. The largest absolute Gasteiger partial charge is 0.374 e. The van der Waals surface area contributed by atoms with Crippen LogP contribution in [0.4, 0.5) is 0 Å². The molecule has 5 saturated heterocycles. The van der Waals surface area contributed by atoms with Crippen molar-refractivity contribution in [2.45, 2.75) is 197 Å². The van der Waals surface area contributed by atoms with Crippen LogP contribution in [0.25, 0.3) is 0 Å². The number of nitrogens with zero attached hydrogens (tertiary/aromatic N) is 4. The van der Waals surface area contributed by atoms with Crippen LogP contribution in [0.5, 0.6) is 0 Å². The summed E-state index contributed by atoms with van der Waals surface area (Å²) in [4.78, 5) is 25.0. The molecule has 9 fully saturated rings. The van der Waals surface area contributed by atoms with Gasteiger partial charge in [0.15, 0.2) is 0 Å². The topological polar surface area (TPSA) is 150 Å². The Morgan fingerprint density at radius 1 is 0.969 bits per heavy atom. The lowest BCUT2D eigenvalue weighted by Crippen LogP contribution is -2.75. The molecule has 1 spiro atoms. The van der Waals surface area contributed by atoms with Crippen molar-refractivity contribution >= 4 is 35.0 Å². The first-order valence-corrected chi connectivity index (χ1v) is 27.6. The Hall–Kier alpha value is -1.09. The lowest BCUT2D eigenvalue weighted by molar-refractivity contribution is -0.234. The molecule has 0 aromatic carbocycles. The molecule has 15 heteroatoms. The second kappa shape index (κ2) is 18.9. The fourth-order valence-electron chi connectivity index (χ4n) is 15.6. The predicted octanol–water partition coefficient (Wildman–Crippen LogP) is 5.96. The summed E-state index contributed by atoms with van der Waals surface area (Å²) in [6, 6.07) is 2.55. The van der Waals surface area contributed by atoms with E-state index >= 15 is 0 Å². The van der Waals surface area contributed by atoms with Gasteiger partial charge >= 0.3 is 0 Å². The van der Waals surface area contributed by atoms with Gasteiger partial charge in [-0.05, 0) is 113 Å². The maximum atomic E-state index is 13.8. The zero-order valence-electron chi connectivity index (χ0n) is 40.6. The summed E-state index contributed by atoms with van der Waals surface area (Å²) in [7, 11) is 0. The third kappa shape index (κ3) is 9.01. The average molecular weight is 940 g/mol. The molecule has 13 nitrogen and oxygen atoms in total. The van der Waals surface area contributed by atoms with Crippen molar-refractivity contribution in [3.8, 4) is 6.07 Å². The van der Waals surface area contributed by atoms with Gasteiger partial charge in [-0.3, -0.25) is 35.5 Å². The highest BCUT2D eigenvalue weighted by atomic mass is 35.5. The van der Waals surface area contributed by atoms with Crippen LogP contribution in [0.2, 0.25) is 0 Å². The molecule has 10 unspecified atom stereocenters. The number of nitriles is 1. The highest BCUT2D eigenvalue weighted by molar-refractivity contribution is 8.00. The lowest BCUT2D eigenvalue weighted by atomic mass is 9.49. The van der Waals surface area contributed by atoms with E-state index in [9.17, 15) is 10.1 Å². The summed E-state index contributed by atoms with van der Waals surface area (Å²) in [5.41, 5.74) is 8.87. The Kier molecular flexibility index (Phi) is 13.8. The van der Waals surface area contributed by atoms with Crippen LogP contribution >= 0.6 is 23.4 Å². The van der Waals surface area contributed by atoms with E-state index in [2.05, 4.69) is 108 Å². The first-order chi connectivity index (χ1) is 31.2. The van der Waals surface area contributed by atoms with Crippen LogP contribution < -0.4 is 32.1 Å². The molecule has 0 radical (unpaired) electrons. The molecule has 6 N–H and O–H groups in total. The maximum absolute atomic E-state index is 13.8. The van der Waals surface area contributed by atoms with Gasteiger partial charge in [-0.25, -0.2) is 10.9 Å². The molecule has 0 aromatic rings. The quantitative estimate of drug-likeness (QED) is 0.152. The number of rotatable bonds is 9. The summed E-state index contributed by atoms with van der Waals surface area (Å²) in [5, 5.41) is 24.9. The monoisotopic (exact) mass is 939 g/mol. The third-order valence-electron chi connectivity index (χ3n) is 19.4. The molecule has 4 aliphatic carbocycles. The minimum absolute atomic E-state index is 0.0125. The van der Waals surface area contributed by atoms with Gasteiger partial charge in [0.2, 0.25) is 5.91 Å². The molecule has 10 aliphatic rings. The van der Waals surface area contributed by atoms with E-state index < -0.39 is 0 Å². The number of hydrogen-bond acceptors (Lipinski definition) is 13. The lowest BCUT2D eigenvalue weighted by Gasteiger charge is -2.64. The maximum Gasteiger partial charge on any atom is 0.225 e. The Morgan fingerprint density at radius 3 is 2.37 bits per heavy atom. The van der Waals surface area contributed by atoms with Gasteiger partial charge in [-0.1, -0.05) is 41.5 Å². The summed E-state index contributed by atoms with van der Waals surface area (Å²) in [6.07, 6.45) is 16.1. The predicted molar refractivity (Wildman–Crippen MR) is 258 cm³/mol. The normalized spacial score (nSPS) is 46.4. The second-order valence-electron chi connectivity index (χ2n) is 24.0. The summed E-state index contributed by atoms with van der Waals surface area (Å²) in [5.74, 6) is 3.37. The number of halogens is 1. The van der Waals surface area contributed by atoms with Crippen LogP contribution in [0.1, 0.15) is 132 Å². The van der Waals surface area contributed by atoms with Gasteiger partial charge < -0.3 is 14.8 Å². The van der Waals surface area contributed by atoms with Crippen molar-refractivity contribution in [2.75, 3.05) is 39.3 Å². The Labute approximate surface area is 399 Å². The van der Waals surface area contributed by atoms with Crippen LogP contribution in [0.15, 0.2) is 4.99 Å². The SMILES string of the molecule is CC1SC2C(C(C3CCC(C4CCC5(CC4)CCN(C4NCC(C(=O)NC6C(C)(C)C(OC7CCC(C#N)C(Cl)C7)C6(C)C)CN4)C5)CC3)=N[C@@H](CC3NCCO3)C3NNC(C)N23)C1C. The van der Waals surface area contributed by atoms with E-state index in [0.29, 0.717) is 53.3 Å². The van der Waals surface area contributed by atoms with Gasteiger partial charge in [0.05, 0.1) is 65.8 Å². The van der Waals surface area contributed by atoms with Gasteiger partial charge in [-0.2, -0.15) is 5.26 Å². The van der Waals surface area contributed by atoms with Crippen LogP contribution in [0.3, 0.4) is 0 Å². The summed E-state index contributed by atoms with van der Waals surface area (Å²) in [6.45, 7) is 21.6. The Balaban J connectivity index is 0.686. The third-order valence-corrected chi connectivity index (χ3v) is 21.5. The van der Waals surface area contributed by atoms with Crippen LogP contribution in [-0.4, -0.2) is 126 Å². The molecule has 6 heterocycles. The number of likely N-dealkylation sites (tertiary alicyclic amines) is 1. The first-order valence-electron chi connectivity index (χ1n) is 26.2. The zero-order chi connectivity index (χ0) is 45.4. The molecule has 364 valence electrons. The average Bonchev–Trinajstić information content (AvgIpc) is 4.10. The van der Waals surface area contributed by atoms with Crippen molar-refractivity contribution < 1.29 is 14.3 Å². The number of alkyl halides is 1. The fourth-order valence-corrected chi connectivity index (χ4v) is 17.9. The fraction of sp³-hybridized carbons (Fsp3) is 0.940. The van der Waals surface area contributed by atoms with Crippen LogP contribution in [-0.2, 0) is 14.3 Å². The van der Waals surface area contributed by atoms with E-state index in [1.165, 1.54) is 57.8 Å². The van der Waals surface area contributed by atoms with Crippen molar-refractivity contribution in [3.05, 3.63) is 0 Å². The highest BCUT2D eigenvalue weighted by Crippen LogP contribution is 2.57. The Bertz CT molecular complexity index is 1750. The number of carbonyl (C=O) groups is 1. The van der Waals surface area contributed by atoms with Crippen molar-refractivity contribution in [2.24, 2.45) is 62.7 Å². The number of carbonyl (C=O) groups excluding carboxylic acids is 1. The van der Waals surface area contributed by atoms with Gasteiger partial charge in [0.25, 0.3) is 0 Å². The highest BCUT2D eigenvalue weighted by Gasteiger charge is 2.64. The number of aliphatic imine (C=N–C) groups is 1. The number of hydrazine groups is 1. The van der Waals surface area contributed by atoms with Gasteiger partial charge in [-0.15, -0.1) is 23.4 Å². The number of amides is 1. The molecule has 65 heavy (non-hydrogen) atoms. The van der Waals surface area contributed by atoms with E-state index in [0.717, 1.165) is 57.3 Å². The minimum Gasteiger partial charge on any atom is -0.374 e. The Morgan fingerprint density at radius 2 is 1.69 bits per heavy atom. The van der Waals surface area contributed by atoms with Crippen molar-refractivity contribution in [3.63, 3.8) is 0 Å². The molecular weight excluding hydrogens is 856 g/mol. The number of hydrogen-bond donors (Lipinski definition) is 6. The number of fused-ring (bicyclic) bond motifs is 3. The number of thioether (sulfide) groups is 1. The first kappa shape index (κ1) is 47.6. The molecule has 11 atom stereocenters. The van der Waals surface area contributed by atoms with E-state index in [1.54, 1.807) is 5.71 Å². The van der Waals surface area contributed by atoms with E-state index in [-0.39, 0.29) is 83.1 Å². The second-order valence-corrected chi connectivity index (χ2v) is 26.1. The number of ether oxygens (including phenoxy) is 2. The molecule has 1 amide bonds.